The summed E-state index contributed by atoms with van der Waals surface area (Å²) < 4.78 is 10.8. The highest BCUT2D eigenvalue weighted by atomic mass is 16.7. The Kier molecular flexibility index (Phi) is 7.37. The first-order valence-electron chi connectivity index (χ1n) is 10.0. The monoisotopic (exact) mass is 411 g/mol. The van der Waals surface area contributed by atoms with Crippen LogP contribution >= 0.6 is 0 Å². The number of carbonyl (C=O) groups excluding carboxylic acids is 1. The second kappa shape index (κ2) is 10.4. The molecule has 0 aromatic heterocycles. The number of nitrogens with one attached hydrogen (secondary N) is 4. The van der Waals surface area contributed by atoms with Crippen molar-refractivity contribution in [2.24, 2.45) is 4.99 Å². The van der Waals surface area contributed by atoms with Gasteiger partial charge in [0, 0.05) is 31.9 Å². The van der Waals surface area contributed by atoms with E-state index in [1.807, 2.05) is 56.3 Å². The van der Waals surface area contributed by atoms with Crippen LogP contribution in [-0.4, -0.2) is 38.4 Å². The molecule has 0 atom stereocenters. The second-order valence-electron chi connectivity index (χ2n) is 7.24. The maximum atomic E-state index is 11.7. The number of hydrogen-bond acceptors (Lipinski definition) is 4. The molecule has 0 bridgehead atoms. The normalized spacial score (nSPS) is 12.6. The Morgan fingerprint density at radius 2 is 1.77 bits per heavy atom. The maximum absolute atomic E-state index is 11.7. The third-order valence-electron chi connectivity index (χ3n) is 4.46. The Balaban J connectivity index is 1.41. The minimum atomic E-state index is -0.206. The Hall–Kier alpha value is -3.42. The number of guanidine groups is 1. The standard InChI is InChI=1S/C22H29N5O3/c1-15(2)26-22(28)27-18-7-4-17(5-8-18)13-25-21(23-3)24-11-10-16-6-9-19-20(12-16)30-14-29-19/h4-9,12,15H,10-11,13-14H2,1-3H3,(H2,23,24,25)(H2,26,27,28). The van der Waals surface area contributed by atoms with Crippen LogP contribution in [0.2, 0.25) is 0 Å². The molecule has 2 amide bonds. The summed E-state index contributed by atoms with van der Waals surface area (Å²) in [7, 11) is 1.75. The van der Waals surface area contributed by atoms with Crippen LogP contribution in [0.25, 0.3) is 0 Å². The van der Waals surface area contributed by atoms with E-state index in [0.717, 1.165) is 41.7 Å². The minimum Gasteiger partial charge on any atom is -0.454 e. The summed E-state index contributed by atoms with van der Waals surface area (Å²) in [6, 6.07) is 13.6. The lowest BCUT2D eigenvalue weighted by molar-refractivity contribution is 0.174. The van der Waals surface area contributed by atoms with Crippen molar-refractivity contribution < 1.29 is 14.3 Å². The predicted molar refractivity (Wildman–Crippen MR) is 118 cm³/mol. The van der Waals surface area contributed by atoms with Crippen molar-refractivity contribution in [3.05, 3.63) is 53.6 Å². The topological polar surface area (TPSA) is 96.0 Å². The number of urea groups is 1. The maximum Gasteiger partial charge on any atom is 0.319 e. The van der Waals surface area contributed by atoms with Gasteiger partial charge in [0.15, 0.2) is 17.5 Å². The Bertz CT molecular complexity index is 881. The fourth-order valence-electron chi connectivity index (χ4n) is 2.96. The van der Waals surface area contributed by atoms with Crippen LogP contribution in [0, 0.1) is 0 Å². The van der Waals surface area contributed by atoms with Crippen LogP contribution in [0.1, 0.15) is 25.0 Å². The number of carbonyl (C=O) groups is 1. The molecular formula is C22H29N5O3. The first-order chi connectivity index (χ1) is 14.5. The van der Waals surface area contributed by atoms with Gasteiger partial charge in [0.05, 0.1) is 0 Å². The van der Waals surface area contributed by atoms with Crippen LogP contribution in [0.4, 0.5) is 10.5 Å². The fraction of sp³-hybridized carbons (Fsp3) is 0.364. The molecule has 0 fully saturated rings. The lowest BCUT2D eigenvalue weighted by Crippen LogP contribution is -2.37. The molecule has 1 heterocycles. The van der Waals surface area contributed by atoms with Crippen molar-refractivity contribution in [1.82, 2.24) is 16.0 Å². The molecule has 2 aromatic carbocycles. The zero-order valence-corrected chi connectivity index (χ0v) is 17.6. The van der Waals surface area contributed by atoms with Crippen molar-refractivity contribution in [3.63, 3.8) is 0 Å². The second-order valence-corrected chi connectivity index (χ2v) is 7.24. The van der Waals surface area contributed by atoms with Gasteiger partial charge in [-0.25, -0.2) is 4.79 Å². The number of aliphatic imine (C=N–C) groups is 1. The SMILES string of the molecule is CN=C(NCCc1ccc2c(c1)OCO2)NCc1ccc(NC(=O)NC(C)C)cc1. The molecule has 0 saturated carbocycles. The molecule has 3 rings (SSSR count). The lowest BCUT2D eigenvalue weighted by Gasteiger charge is -2.13. The number of amides is 2. The average molecular weight is 412 g/mol. The molecule has 0 spiro atoms. The first kappa shape index (κ1) is 21.3. The van der Waals surface area contributed by atoms with Crippen LogP contribution in [-0.2, 0) is 13.0 Å². The minimum absolute atomic E-state index is 0.0952. The van der Waals surface area contributed by atoms with Gasteiger partial charge in [-0.05, 0) is 55.7 Å². The summed E-state index contributed by atoms with van der Waals surface area (Å²) >= 11 is 0. The molecule has 30 heavy (non-hydrogen) atoms. The van der Waals surface area contributed by atoms with Crippen LogP contribution in [0.15, 0.2) is 47.5 Å². The Morgan fingerprint density at radius 1 is 1.03 bits per heavy atom. The lowest BCUT2D eigenvalue weighted by atomic mass is 10.1. The van der Waals surface area contributed by atoms with E-state index in [2.05, 4.69) is 26.3 Å². The van der Waals surface area contributed by atoms with Crippen molar-refractivity contribution in [2.75, 3.05) is 25.7 Å². The van der Waals surface area contributed by atoms with Crippen molar-refractivity contribution in [1.29, 1.82) is 0 Å². The van der Waals surface area contributed by atoms with Gasteiger partial charge in [0.25, 0.3) is 0 Å². The molecule has 8 nitrogen and oxygen atoms in total. The smallest absolute Gasteiger partial charge is 0.319 e. The molecule has 1 aliphatic heterocycles. The van der Waals surface area contributed by atoms with E-state index in [9.17, 15) is 4.79 Å². The van der Waals surface area contributed by atoms with E-state index in [1.165, 1.54) is 5.56 Å². The van der Waals surface area contributed by atoms with Crippen molar-refractivity contribution >= 4 is 17.7 Å². The highest BCUT2D eigenvalue weighted by molar-refractivity contribution is 5.89. The summed E-state index contributed by atoms with van der Waals surface area (Å²) in [6.07, 6.45) is 0.843. The van der Waals surface area contributed by atoms with Crippen molar-refractivity contribution in [3.8, 4) is 11.5 Å². The van der Waals surface area contributed by atoms with Crippen LogP contribution in [0.3, 0.4) is 0 Å². The van der Waals surface area contributed by atoms with Crippen LogP contribution < -0.4 is 30.7 Å². The molecule has 160 valence electrons. The predicted octanol–water partition coefficient (Wildman–Crippen LogP) is 2.85. The van der Waals surface area contributed by atoms with Gasteiger partial charge in [-0.15, -0.1) is 0 Å². The van der Waals surface area contributed by atoms with Gasteiger partial charge in [0.2, 0.25) is 6.79 Å². The molecule has 0 unspecified atom stereocenters. The molecule has 4 N–H and O–H groups in total. The summed E-state index contributed by atoms with van der Waals surface area (Å²) in [4.78, 5) is 16.0. The van der Waals surface area contributed by atoms with E-state index in [1.54, 1.807) is 7.05 Å². The number of nitrogens with zero attached hydrogens (tertiary/aromatic N) is 1. The number of rotatable bonds is 7. The Labute approximate surface area is 177 Å². The van der Waals surface area contributed by atoms with Crippen molar-refractivity contribution in [2.45, 2.75) is 32.9 Å². The van der Waals surface area contributed by atoms with Crippen LogP contribution in [0.5, 0.6) is 11.5 Å². The molecular weight excluding hydrogens is 382 g/mol. The highest BCUT2D eigenvalue weighted by Crippen LogP contribution is 2.32. The fourth-order valence-corrected chi connectivity index (χ4v) is 2.96. The third-order valence-corrected chi connectivity index (χ3v) is 4.46. The quantitative estimate of drug-likeness (QED) is 0.415. The van der Waals surface area contributed by atoms with Gasteiger partial charge in [0.1, 0.15) is 0 Å². The summed E-state index contributed by atoms with van der Waals surface area (Å²) in [6.45, 7) is 5.50. The van der Waals surface area contributed by atoms with E-state index in [0.29, 0.717) is 6.54 Å². The number of benzene rings is 2. The molecule has 8 heteroatoms. The zero-order valence-electron chi connectivity index (χ0n) is 17.6. The van der Waals surface area contributed by atoms with Gasteiger partial charge >= 0.3 is 6.03 Å². The number of fused-ring (bicyclic) bond motifs is 1. The van der Waals surface area contributed by atoms with E-state index < -0.39 is 0 Å². The van der Waals surface area contributed by atoms with E-state index >= 15 is 0 Å². The molecule has 2 aromatic rings. The Morgan fingerprint density at radius 3 is 2.50 bits per heavy atom. The first-order valence-corrected chi connectivity index (χ1v) is 10.0. The molecule has 1 aliphatic rings. The molecule has 0 radical (unpaired) electrons. The highest BCUT2D eigenvalue weighted by Gasteiger charge is 2.13. The van der Waals surface area contributed by atoms with Gasteiger partial charge in [-0.3, -0.25) is 4.99 Å². The third kappa shape index (κ3) is 6.30. The van der Waals surface area contributed by atoms with Gasteiger partial charge < -0.3 is 30.7 Å². The summed E-state index contributed by atoms with van der Waals surface area (Å²) in [5, 5.41) is 12.2. The number of ether oxygens (including phenoxy) is 2. The van der Waals surface area contributed by atoms with Gasteiger partial charge in [-0.2, -0.15) is 0 Å². The zero-order chi connectivity index (χ0) is 21.3. The summed E-state index contributed by atoms with van der Waals surface area (Å²) in [5.74, 6) is 2.33. The largest absolute Gasteiger partial charge is 0.454 e. The summed E-state index contributed by atoms with van der Waals surface area (Å²) in [5.41, 5.74) is 3.01. The number of anilines is 1. The molecule has 0 aliphatic carbocycles. The van der Waals surface area contributed by atoms with E-state index in [-0.39, 0.29) is 18.9 Å². The number of hydrogen-bond donors (Lipinski definition) is 4. The van der Waals surface area contributed by atoms with Gasteiger partial charge in [-0.1, -0.05) is 18.2 Å². The van der Waals surface area contributed by atoms with E-state index in [4.69, 9.17) is 9.47 Å². The molecule has 0 saturated heterocycles. The average Bonchev–Trinajstić information content (AvgIpc) is 3.19.